The Balaban J connectivity index is 2.30. The molecule has 1 atom stereocenters. The summed E-state index contributed by atoms with van der Waals surface area (Å²) in [4.78, 5) is 13.7. The minimum atomic E-state index is 0.261. The summed E-state index contributed by atoms with van der Waals surface area (Å²) < 4.78 is 0. The summed E-state index contributed by atoms with van der Waals surface area (Å²) in [6.45, 7) is 3.13. The molecule has 0 aromatic carbocycles. The van der Waals surface area contributed by atoms with Crippen LogP contribution in [0.25, 0.3) is 0 Å². The Bertz CT molecular complexity index is 199. The minimum Gasteiger partial charge on any atom is -0.330 e. The zero-order valence-corrected chi connectivity index (χ0v) is 11.2. The van der Waals surface area contributed by atoms with E-state index in [0.717, 1.165) is 30.9 Å². The van der Waals surface area contributed by atoms with E-state index in [4.69, 9.17) is 0 Å². The third-order valence-corrected chi connectivity index (χ3v) is 4.16. The maximum Gasteiger partial charge on any atom is 0.281 e. The second-order valence-electron chi connectivity index (χ2n) is 3.99. The highest BCUT2D eigenvalue weighted by molar-refractivity contribution is 8.13. The van der Waals surface area contributed by atoms with Gasteiger partial charge in [0.05, 0.1) is 0 Å². The van der Waals surface area contributed by atoms with Gasteiger partial charge < -0.3 is 4.90 Å². The van der Waals surface area contributed by atoms with Gasteiger partial charge >= 0.3 is 0 Å². The fourth-order valence-corrected chi connectivity index (χ4v) is 3.19. The van der Waals surface area contributed by atoms with Crippen molar-refractivity contribution in [2.75, 3.05) is 18.1 Å². The summed E-state index contributed by atoms with van der Waals surface area (Å²) in [7, 11) is 0. The lowest BCUT2D eigenvalue weighted by atomic mass is 10.1. The molecule has 0 bridgehead atoms. The molecule has 1 rings (SSSR count). The highest BCUT2D eigenvalue weighted by atomic mass is 32.2. The predicted octanol–water partition coefficient (Wildman–Crippen LogP) is 3.42. The van der Waals surface area contributed by atoms with Crippen LogP contribution in [0.15, 0.2) is 0 Å². The van der Waals surface area contributed by atoms with Crippen LogP contribution < -0.4 is 0 Å². The van der Waals surface area contributed by atoms with Gasteiger partial charge in [0.25, 0.3) is 5.24 Å². The molecule has 0 saturated carbocycles. The second-order valence-corrected chi connectivity index (χ2v) is 5.40. The lowest BCUT2D eigenvalue weighted by Gasteiger charge is -2.34. The molecule has 88 valence electrons. The fraction of sp³-hybridized carbons (Fsp3) is 0.909. The van der Waals surface area contributed by atoms with E-state index in [1.54, 1.807) is 0 Å². The van der Waals surface area contributed by atoms with Gasteiger partial charge in [0.15, 0.2) is 0 Å². The molecule has 0 radical (unpaired) electrons. The lowest BCUT2D eigenvalue weighted by molar-refractivity contribution is 0.199. The number of thioether (sulfide) groups is 1. The molecule has 0 aliphatic carbocycles. The number of carbonyl (C=O) groups excluding carboxylic acids is 1. The first-order valence-corrected chi connectivity index (χ1v) is 7.45. The summed E-state index contributed by atoms with van der Waals surface area (Å²) in [5, 5.41) is 0.261. The highest BCUT2D eigenvalue weighted by Crippen LogP contribution is 2.24. The van der Waals surface area contributed by atoms with Crippen LogP contribution in [-0.4, -0.2) is 34.2 Å². The Morgan fingerprint density at radius 1 is 1.47 bits per heavy atom. The third-order valence-electron chi connectivity index (χ3n) is 2.82. The Morgan fingerprint density at radius 3 is 2.93 bits per heavy atom. The summed E-state index contributed by atoms with van der Waals surface area (Å²) in [5.41, 5.74) is 0. The Morgan fingerprint density at radius 2 is 2.27 bits per heavy atom. The molecule has 1 amide bonds. The first kappa shape index (κ1) is 13.2. The number of carbonyl (C=O) groups is 1. The lowest BCUT2D eigenvalue weighted by Crippen LogP contribution is -2.43. The molecule has 0 aromatic heterocycles. The van der Waals surface area contributed by atoms with Crippen LogP contribution in [-0.2, 0) is 0 Å². The molecule has 0 aromatic rings. The molecule has 1 unspecified atom stereocenters. The molecule has 1 fully saturated rings. The molecule has 2 nitrogen and oxygen atoms in total. The monoisotopic (exact) mass is 247 g/mol. The van der Waals surface area contributed by atoms with Gasteiger partial charge in [-0.05, 0) is 12.8 Å². The van der Waals surface area contributed by atoms with Crippen molar-refractivity contribution in [3.63, 3.8) is 0 Å². The molecule has 1 heterocycles. The number of nitrogens with zero attached hydrogens (tertiary/aromatic N) is 1. The number of hydrogen-bond donors (Lipinski definition) is 1. The van der Waals surface area contributed by atoms with Gasteiger partial charge in [0.2, 0.25) is 0 Å². The van der Waals surface area contributed by atoms with Crippen molar-refractivity contribution in [2.24, 2.45) is 0 Å². The average molecular weight is 247 g/mol. The van der Waals surface area contributed by atoms with Gasteiger partial charge in [0.1, 0.15) is 0 Å². The van der Waals surface area contributed by atoms with Gasteiger partial charge in [-0.3, -0.25) is 4.79 Å². The van der Waals surface area contributed by atoms with Crippen LogP contribution in [0.1, 0.15) is 39.0 Å². The molecular formula is C11H21NOS2. The first-order chi connectivity index (χ1) is 7.29. The van der Waals surface area contributed by atoms with Crippen LogP contribution in [0.3, 0.4) is 0 Å². The SMILES string of the molecule is CCCCCCN1C(=O)SCCC1CS. The topological polar surface area (TPSA) is 20.3 Å². The largest absolute Gasteiger partial charge is 0.330 e. The van der Waals surface area contributed by atoms with Crippen molar-refractivity contribution >= 4 is 29.6 Å². The predicted molar refractivity (Wildman–Crippen MR) is 71.0 cm³/mol. The van der Waals surface area contributed by atoms with Crippen molar-refractivity contribution in [3.8, 4) is 0 Å². The maximum atomic E-state index is 11.7. The van der Waals surface area contributed by atoms with Crippen LogP contribution in [0, 0.1) is 0 Å². The van der Waals surface area contributed by atoms with E-state index in [2.05, 4.69) is 19.6 Å². The Kier molecular flexibility index (Phi) is 6.57. The third kappa shape index (κ3) is 4.27. The zero-order chi connectivity index (χ0) is 11.1. The van der Waals surface area contributed by atoms with Crippen LogP contribution in [0.5, 0.6) is 0 Å². The average Bonchev–Trinajstić information content (AvgIpc) is 2.26. The van der Waals surface area contributed by atoms with Crippen molar-refractivity contribution in [1.29, 1.82) is 0 Å². The fourth-order valence-electron chi connectivity index (χ4n) is 1.84. The summed E-state index contributed by atoms with van der Waals surface area (Å²) in [6.07, 6.45) is 6.02. The number of rotatable bonds is 6. The van der Waals surface area contributed by atoms with E-state index in [9.17, 15) is 4.79 Å². The Labute approximate surface area is 103 Å². The van der Waals surface area contributed by atoms with Crippen molar-refractivity contribution in [2.45, 2.75) is 45.1 Å². The minimum absolute atomic E-state index is 0.261. The molecule has 1 saturated heterocycles. The van der Waals surface area contributed by atoms with E-state index in [-0.39, 0.29) is 5.24 Å². The summed E-state index contributed by atoms with van der Waals surface area (Å²) in [5.74, 6) is 1.77. The van der Waals surface area contributed by atoms with Gasteiger partial charge in [-0.2, -0.15) is 12.6 Å². The van der Waals surface area contributed by atoms with Gasteiger partial charge in [-0.25, -0.2) is 0 Å². The standard InChI is InChI=1S/C11H21NOS2/c1-2-3-4-5-7-12-10(9-14)6-8-15-11(12)13/h10,14H,2-9H2,1H3. The number of amides is 1. The quantitative estimate of drug-likeness (QED) is 0.573. The number of hydrogen-bond acceptors (Lipinski definition) is 3. The molecule has 0 spiro atoms. The van der Waals surface area contributed by atoms with E-state index in [1.165, 1.54) is 31.0 Å². The molecule has 15 heavy (non-hydrogen) atoms. The second kappa shape index (κ2) is 7.44. The molecule has 1 aliphatic rings. The van der Waals surface area contributed by atoms with E-state index in [1.807, 2.05) is 4.90 Å². The maximum absolute atomic E-state index is 11.7. The van der Waals surface area contributed by atoms with Crippen molar-refractivity contribution in [1.82, 2.24) is 4.90 Å². The molecular weight excluding hydrogens is 226 g/mol. The van der Waals surface area contributed by atoms with Gasteiger partial charge in [-0.15, -0.1) is 0 Å². The van der Waals surface area contributed by atoms with Gasteiger partial charge in [-0.1, -0.05) is 37.9 Å². The molecule has 4 heteroatoms. The summed E-state index contributed by atoms with van der Waals surface area (Å²) in [6, 6.07) is 0.378. The van der Waals surface area contributed by atoms with E-state index >= 15 is 0 Å². The van der Waals surface area contributed by atoms with Crippen LogP contribution in [0.2, 0.25) is 0 Å². The number of unbranched alkanes of at least 4 members (excludes halogenated alkanes) is 3. The van der Waals surface area contributed by atoms with Gasteiger partial charge in [0, 0.05) is 24.1 Å². The van der Waals surface area contributed by atoms with Crippen LogP contribution in [0.4, 0.5) is 4.79 Å². The van der Waals surface area contributed by atoms with Crippen LogP contribution >= 0.6 is 24.4 Å². The molecule has 1 aliphatic heterocycles. The van der Waals surface area contributed by atoms with Crippen molar-refractivity contribution < 1.29 is 4.79 Å². The smallest absolute Gasteiger partial charge is 0.281 e. The highest BCUT2D eigenvalue weighted by Gasteiger charge is 2.26. The Hall–Kier alpha value is 0.170. The first-order valence-electron chi connectivity index (χ1n) is 5.83. The molecule has 0 N–H and O–H groups in total. The summed E-state index contributed by atoms with van der Waals surface area (Å²) >= 11 is 5.79. The van der Waals surface area contributed by atoms with Crippen molar-refractivity contribution in [3.05, 3.63) is 0 Å². The normalized spacial score (nSPS) is 22.1. The number of thiol groups is 1. The van der Waals surface area contributed by atoms with E-state index < -0.39 is 0 Å². The zero-order valence-electron chi connectivity index (χ0n) is 9.45. The van der Waals surface area contributed by atoms with E-state index in [0.29, 0.717) is 6.04 Å².